The van der Waals surface area contributed by atoms with Gasteiger partial charge in [0.2, 0.25) is 0 Å². The molecule has 1 unspecified atom stereocenters. The molecule has 140 valence electrons. The molecule has 2 aromatic rings. The molecule has 1 aromatic heterocycles. The van der Waals surface area contributed by atoms with Crippen LogP contribution in [0.1, 0.15) is 29.8 Å². The summed E-state index contributed by atoms with van der Waals surface area (Å²) in [5.74, 6) is -1.43. The minimum absolute atomic E-state index is 0.0211. The third kappa shape index (κ3) is 3.03. The van der Waals surface area contributed by atoms with E-state index in [9.17, 15) is 18.8 Å². The first kappa shape index (κ1) is 17.1. The van der Waals surface area contributed by atoms with Gasteiger partial charge in [0.25, 0.3) is 11.8 Å². The molecule has 1 atom stereocenters. The lowest BCUT2D eigenvalue weighted by atomic mass is 9.70. The van der Waals surface area contributed by atoms with Crippen LogP contribution in [-0.2, 0) is 4.79 Å². The summed E-state index contributed by atoms with van der Waals surface area (Å²) in [5.41, 5.74) is -0.737. The summed E-state index contributed by atoms with van der Waals surface area (Å²) in [5, 5.41) is 15.6. The number of benzene rings is 1. The number of carbonyl (C=O) groups is 3. The highest BCUT2D eigenvalue weighted by Crippen LogP contribution is 2.37. The molecule has 1 aromatic carbocycles. The summed E-state index contributed by atoms with van der Waals surface area (Å²) in [6.45, 7) is -0.0408. The Kier molecular flexibility index (Phi) is 4.09. The highest BCUT2D eigenvalue weighted by molar-refractivity contribution is 6.08. The second-order valence-electron chi connectivity index (χ2n) is 6.69. The zero-order chi connectivity index (χ0) is 19.0. The van der Waals surface area contributed by atoms with Crippen molar-refractivity contribution in [3.05, 3.63) is 42.0 Å². The van der Waals surface area contributed by atoms with E-state index in [-0.39, 0.29) is 18.2 Å². The third-order valence-corrected chi connectivity index (χ3v) is 5.06. The van der Waals surface area contributed by atoms with E-state index in [0.29, 0.717) is 5.69 Å². The van der Waals surface area contributed by atoms with Crippen LogP contribution in [-0.4, -0.2) is 44.9 Å². The van der Waals surface area contributed by atoms with Crippen LogP contribution in [0.3, 0.4) is 0 Å². The van der Waals surface area contributed by atoms with Crippen molar-refractivity contribution >= 4 is 17.8 Å². The molecule has 9 nitrogen and oxygen atoms in total. The Bertz CT molecular complexity index is 925. The van der Waals surface area contributed by atoms with Gasteiger partial charge in [-0.2, -0.15) is 9.90 Å². The van der Waals surface area contributed by atoms with Crippen molar-refractivity contribution in [3.63, 3.8) is 0 Å². The van der Waals surface area contributed by atoms with Crippen molar-refractivity contribution in [2.24, 2.45) is 5.92 Å². The molecule has 0 bridgehead atoms. The summed E-state index contributed by atoms with van der Waals surface area (Å²) in [6.07, 6.45) is 3.84. The Morgan fingerprint density at radius 1 is 1.37 bits per heavy atom. The maximum Gasteiger partial charge on any atom is 0.322 e. The smallest absolute Gasteiger partial charge is 0.322 e. The van der Waals surface area contributed by atoms with E-state index in [0.717, 1.165) is 24.1 Å². The first-order chi connectivity index (χ1) is 13.0. The van der Waals surface area contributed by atoms with Crippen LogP contribution >= 0.6 is 0 Å². The van der Waals surface area contributed by atoms with Crippen LogP contribution in [0.4, 0.5) is 9.18 Å². The van der Waals surface area contributed by atoms with E-state index in [4.69, 9.17) is 0 Å². The molecular weight excluding hydrogens is 355 g/mol. The Labute approximate surface area is 153 Å². The summed E-state index contributed by atoms with van der Waals surface area (Å²) in [7, 11) is 0. The number of rotatable bonds is 5. The van der Waals surface area contributed by atoms with Crippen molar-refractivity contribution in [2.45, 2.75) is 24.8 Å². The molecule has 1 saturated carbocycles. The standard InChI is InChI=1S/C17H17FN6O3/c18-11-5-2-6-12(7-11)24-20-8-13(23-24)14(25)19-9-17(10-3-1-4-10)15(26)21-16(27)22-17/h2,5-8,10H,1,3-4,9H2,(H,19,25)(H2,21,22,26,27). The number of urea groups is 1. The molecule has 27 heavy (non-hydrogen) atoms. The van der Waals surface area contributed by atoms with Gasteiger partial charge in [-0.15, -0.1) is 5.10 Å². The molecule has 4 rings (SSSR count). The number of aromatic nitrogens is 3. The Hall–Kier alpha value is -3.30. The van der Waals surface area contributed by atoms with Crippen molar-refractivity contribution in [2.75, 3.05) is 6.54 Å². The van der Waals surface area contributed by atoms with Gasteiger partial charge >= 0.3 is 6.03 Å². The highest BCUT2D eigenvalue weighted by atomic mass is 19.1. The average molecular weight is 372 g/mol. The van der Waals surface area contributed by atoms with E-state index in [1.54, 1.807) is 6.07 Å². The van der Waals surface area contributed by atoms with Gasteiger partial charge < -0.3 is 10.6 Å². The van der Waals surface area contributed by atoms with Crippen molar-refractivity contribution < 1.29 is 18.8 Å². The first-order valence-corrected chi connectivity index (χ1v) is 8.58. The van der Waals surface area contributed by atoms with Crippen LogP contribution in [0.25, 0.3) is 5.69 Å². The van der Waals surface area contributed by atoms with E-state index in [1.807, 2.05) is 0 Å². The molecule has 2 heterocycles. The minimum atomic E-state index is -1.14. The van der Waals surface area contributed by atoms with E-state index in [2.05, 4.69) is 26.1 Å². The van der Waals surface area contributed by atoms with Crippen LogP contribution in [0, 0.1) is 11.7 Å². The molecule has 1 aliphatic heterocycles. The fraction of sp³-hybridized carbons (Fsp3) is 0.353. The lowest BCUT2D eigenvalue weighted by Crippen LogP contribution is -2.61. The van der Waals surface area contributed by atoms with E-state index < -0.39 is 29.2 Å². The number of hydrogen-bond donors (Lipinski definition) is 3. The Morgan fingerprint density at radius 3 is 2.81 bits per heavy atom. The third-order valence-electron chi connectivity index (χ3n) is 5.06. The summed E-state index contributed by atoms with van der Waals surface area (Å²) in [4.78, 5) is 37.5. The van der Waals surface area contributed by atoms with Crippen molar-refractivity contribution in [3.8, 4) is 5.69 Å². The topological polar surface area (TPSA) is 118 Å². The fourth-order valence-corrected chi connectivity index (χ4v) is 3.36. The number of nitrogens with zero attached hydrogens (tertiary/aromatic N) is 3. The molecule has 0 radical (unpaired) electrons. The second kappa shape index (κ2) is 6.45. The minimum Gasteiger partial charge on any atom is -0.348 e. The largest absolute Gasteiger partial charge is 0.348 e. The number of imide groups is 1. The quantitative estimate of drug-likeness (QED) is 0.661. The molecule has 0 spiro atoms. The Balaban J connectivity index is 1.48. The molecule has 10 heteroatoms. The normalized spacial score (nSPS) is 22.1. The van der Waals surface area contributed by atoms with Crippen molar-refractivity contribution in [1.29, 1.82) is 0 Å². The van der Waals surface area contributed by atoms with E-state index >= 15 is 0 Å². The molecule has 2 fully saturated rings. The first-order valence-electron chi connectivity index (χ1n) is 8.58. The summed E-state index contributed by atoms with van der Waals surface area (Å²) < 4.78 is 13.3. The fourth-order valence-electron chi connectivity index (χ4n) is 3.36. The highest BCUT2D eigenvalue weighted by Gasteiger charge is 2.53. The number of amides is 4. The zero-order valence-electron chi connectivity index (χ0n) is 14.2. The second-order valence-corrected chi connectivity index (χ2v) is 6.69. The number of carbonyl (C=O) groups excluding carboxylic acids is 3. The number of halogens is 1. The maximum atomic E-state index is 13.3. The number of hydrogen-bond acceptors (Lipinski definition) is 5. The van der Waals surface area contributed by atoms with Crippen LogP contribution in [0.15, 0.2) is 30.5 Å². The van der Waals surface area contributed by atoms with Gasteiger partial charge in [-0.25, -0.2) is 9.18 Å². The van der Waals surface area contributed by atoms with Gasteiger partial charge in [-0.05, 0) is 30.9 Å². The monoisotopic (exact) mass is 372 g/mol. The lowest BCUT2D eigenvalue weighted by Gasteiger charge is -2.40. The van der Waals surface area contributed by atoms with Gasteiger partial charge in [-0.3, -0.25) is 14.9 Å². The predicted molar refractivity (Wildman–Crippen MR) is 90.4 cm³/mol. The SMILES string of the molecule is O=C1NC(=O)C(CNC(=O)c2cnn(-c3cccc(F)c3)n2)(C2CCC2)N1. The summed E-state index contributed by atoms with van der Waals surface area (Å²) in [6, 6.07) is 5.09. The van der Waals surface area contributed by atoms with Gasteiger partial charge in [0.05, 0.1) is 18.4 Å². The molecular formula is C17H17FN6O3. The molecule has 4 amide bonds. The van der Waals surface area contributed by atoms with Gasteiger partial charge in [0, 0.05) is 6.07 Å². The average Bonchev–Trinajstić information content (AvgIpc) is 3.17. The molecule has 2 aliphatic rings. The summed E-state index contributed by atoms with van der Waals surface area (Å²) >= 11 is 0. The van der Waals surface area contributed by atoms with Crippen molar-refractivity contribution in [1.82, 2.24) is 30.9 Å². The van der Waals surface area contributed by atoms with Crippen LogP contribution in [0.2, 0.25) is 0 Å². The molecule has 1 aliphatic carbocycles. The van der Waals surface area contributed by atoms with Gasteiger partial charge in [0.1, 0.15) is 11.4 Å². The Morgan fingerprint density at radius 2 is 2.19 bits per heavy atom. The maximum absolute atomic E-state index is 13.3. The van der Waals surface area contributed by atoms with Crippen LogP contribution in [0.5, 0.6) is 0 Å². The molecule has 3 N–H and O–H groups in total. The van der Waals surface area contributed by atoms with E-state index in [1.165, 1.54) is 24.4 Å². The molecule has 1 saturated heterocycles. The van der Waals surface area contributed by atoms with Crippen LogP contribution < -0.4 is 16.0 Å². The number of nitrogens with one attached hydrogen (secondary N) is 3. The van der Waals surface area contributed by atoms with Gasteiger partial charge in [0.15, 0.2) is 5.69 Å². The zero-order valence-corrected chi connectivity index (χ0v) is 14.2. The van der Waals surface area contributed by atoms with Gasteiger partial charge in [-0.1, -0.05) is 12.5 Å². The lowest BCUT2D eigenvalue weighted by molar-refractivity contribution is -0.126. The predicted octanol–water partition coefficient (Wildman–Crippen LogP) is 0.514.